The van der Waals surface area contributed by atoms with E-state index >= 15 is 0 Å². The van der Waals surface area contributed by atoms with Crippen LogP contribution in [-0.4, -0.2) is 85.5 Å². The van der Waals surface area contributed by atoms with E-state index < -0.39 is 5.97 Å². The van der Waals surface area contributed by atoms with Crippen molar-refractivity contribution in [1.29, 1.82) is 0 Å². The number of rotatable bonds is 14. The summed E-state index contributed by atoms with van der Waals surface area (Å²) in [6.45, 7) is 6.75. The number of aromatic nitrogens is 2. The molecule has 0 fully saturated rings. The van der Waals surface area contributed by atoms with E-state index in [1.807, 2.05) is 66.6 Å². The number of fused-ring (bicyclic) bond motifs is 1. The van der Waals surface area contributed by atoms with Gasteiger partial charge in [0.2, 0.25) is 5.91 Å². The van der Waals surface area contributed by atoms with Crippen molar-refractivity contribution >= 4 is 23.5 Å². The van der Waals surface area contributed by atoms with E-state index in [2.05, 4.69) is 23.4 Å². The molecule has 2 amide bonds. The van der Waals surface area contributed by atoms with Crippen molar-refractivity contribution < 1.29 is 33.4 Å². The van der Waals surface area contributed by atoms with Crippen LogP contribution >= 0.6 is 0 Å². The molecular formula is C38H45N5O6. The summed E-state index contributed by atoms with van der Waals surface area (Å²) in [4.78, 5) is 39.1. The minimum absolute atomic E-state index is 0.0356. The van der Waals surface area contributed by atoms with Gasteiger partial charge < -0.3 is 34.1 Å². The van der Waals surface area contributed by atoms with Crippen LogP contribution in [0.2, 0.25) is 0 Å². The smallest absolute Gasteiger partial charge is 0.251 e. The van der Waals surface area contributed by atoms with Crippen molar-refractivity contribution in [2.75, 3.05) is 58.4 Å². The molecule has 5 rings (SSSR count). The molecule has 1 aliphatic heterocycles. The zero-order valence-corrected chi connectivity index (χ0v) is 28.7. The van der Waals surface area contributed by atoms with Crippen molar-refractivity contribution in [3.63, 3.8) is 0 Å². The van der Waals surface area contributed by atoms with E-state index in [1.165, 1.54) is 5.56 Å². The van der Waals surface area contributed by atoms with Crippen LogP contribution in [0.15, 0.2) is 73.1 Å². The highest BCUT2D eigenvalue weighted by Gasteiger charge is 2.25. The molecule has 1 aromatic heterocycles. The molecule has 3 aromatic carbocycles. The minimum atomic E-state index is -1.13. The molecule has 0 atom stereocenters. The molecule has 49 heavy (non-hydrogen) atoms. The molecule has 0 saturated heterocycles. The lowest BCUT2D eigenvalue weighted by Crippen LogP contribution is -2.51. The molecule has 2 heterocycles. The number of carbonyl (C=O) groups is 3. The molecular weight excluding hydrogens is 622 g/mol. The Bertz CT molecular complexity index is 1800. The number of carboxylic acid groups (broad SMARTS) is 1. The molecule has 0 bridgehead atoms. The molecule has 4 aromatic rings. The summed E-state index contributed by atoms with van der Waals surface area (Å²) < 4.78 is 14.2. The number of aliphatic carboxylic acids is 1. The SMILES string of the molecule is Cc1cccc(OCCCC(=O)N2CCCOc3c(-c4cnn(Cc5cccc(C(=O)NCC[N+](C)(C)CC(=O)[O-])c5)c4)cccc32)c1C. The molecule has 11 heteroatoms. The van der Waals surface area contributed by atoms with Crippen LogP contribution in [0.1, 0.15) is 46.3 Å². The molecule has 0 spiro atoms. The van der Waals surface area contributed by atoms with Crippen LogP contribution in [0, 0.1) is 13.8 Å². The first-order valence-corrected chi connectivity index (χ1v) is 16.7. The Morgan fingerprint density at radius 3 is 2.67 bits per heavy atom. The predicted octanol–water partition coefficient (Wildman–Crippen LogP) is 3.75. The second-order valence-electron chi connectivity index (χ2n) is 13.1. The second-order valence-corrected chi connectivity index (χ2v) is 13.1. The largest absolute Gasteiger partial charge is 0.544 e. The van der Waals surface area contributed by atoms with Gasteiger partial charge in [-0.2, -0.15) is 5.10 Å². The number of likely N-dealkylation sites (N-methyl/N-ethyl adjacent to an activating group) is 1. The third-order valence-corrected chi connectivity index (χ3v) is 8.74. The number of hydrogen-bond donors (Lipinski definition) is 1. The van der Waals surface area contributed by atoms with Gasteiger partial charge in [-0.1, -0.05) is 36.4 Å². The van der Waals surface area contributed by atoms with Crippen LogP contribution in [0.5, 0.6) is 11.5 Å². The monoisotopic (exact) mass is 667 g/mol. The summed E-state index contributed by atoms with van der Waals surface area (Å²) in [5.41, 5.74) is 6.18. The number of carboxylic acids is 1. The number of amides is 2. The molecule has 1 aliphatic rings. The van der Waals surface area contributed by atoms with Gasteiger partial charge in [-0.3, -0.25) is 14.3 Å². The molecule has 0 radical (unpaired) electrons. The number of anilines is 1. The first kappa shape index (κ1) is 35.2. The van der Waals surface area contributed by atoms with Crippen LogP contribution in [0.3, 0.4) is 0 Å². The predicted molar refractivity (Wildman–Crippen MR) is 185 cm³/mol. The van der Waals surface area contributed by atoms with Crippen molar-refractivity contribution in [3.8, 4) is 22.6 Å². The molecule has 11 nitrogen and oxygen atoms in total. The van der Waals surface area contributed by atoms with Crippen LogP contribution in [0.25, 0.3) is 11.1 Å². The van der Waals surface area contributed by atoms with Crippen molar-refractivity contribution in [2.45, 2.75) is 39.7 Å². The summed E-state index contributed by atoms with van der Waals surface area (Å²) >= 11 is 0. The number of ether oxygens (including phenoxy) is 2. The summed E-state index contributed by atoms with van der Waals surface area (Å²) in [5.74, 6) is 0.203. The Hall–Kier alpha value is -5.16. The number of para-hydroxylation sites is 1. The van der Waals surface area contributed by atoms with Crippen LogP contribution in [0.4, 0.5) is 5.69 Å². The fourth-order valence-electron chi connectivity index (χ4n) is 5.90. The lowest BCUT2D eigenvalue weighted by Gasteiger charge is -2.30. The highest BCUT2D eigenvalue weighted by atomic mass is 16.5. The first-order valence-electron chi connectivity index (χ1n) is 16.7. The summed E-state index contributed by atoms with van der Waals surface area (Å²) in [7, 11) is 3.56. The highest BCUT2D eigenvalue weighted by Crippen LogP contribution is 2.40. The highest BCUT2D eigenvalue weighted by molar-refractivity contribution is 5.97. The van der Waals surface area contributed by atoms with E-state index in [9.17, 15) is 19.5 Å². The number of nitrogens with one attached hydrogen (secondary N) is 1. The maximum Gasteiger partial charge on any atom is 0.251 e. The Labute approximate surface area is 287 Å². The number of nitrogens with zero attached hydrogens (tertiary/aromatic N) is 4. The molecule has 0 aliphatic carbocycles. The van der Waals surface area contributed by atoms with Gasteiger partial charge in [0.05, 0.1) is 64.8 Å². The van der Waals surface area contributed by atoms with Crippen molar-refractivity contribution in [2.24, 2.45) is 0 Å². The number of quaternary nitrogens is 1. The van der Waals surface area contributed by atoms with Gasteiger partial charge in [-0.05, 0) is 67.6 Å². The van der Waals surface area contributed by atoms with E-state index in [-0.39, 0.29) is 22.8 Å². The Morgan fingerprint density at radius 1 is 1.06 bits per heavy atom. The minimum Gasteiger partial charge on any atom is -0.544 e. The molecule has 1 N–H and O–H groups in total. The van der Waals surface area contributed by atoms with Gasteiger partial charge in [0.1, 0.15) is 12.3 Å². The topological polar surface area (TPSA) is 126 Å². The van der Waals surface area contributed by atoms with Gasteiger partial charge in [0, 0.05) is 35.9 Å². The average Bonchev–Trinajstić information content (AvgIpc) is 3.40. The first-order chi connectivity index (χ1) is 23.5. The Kier molecular flexibility index (Phi) is 11.4. The normalized spacial score (nSPS) is 12.9. The maximum absolute atomic E-state index is 13.5. The second kappa shape index (κ2) is 15.8. The van der Waals surface area contributed by atoms with Gasteiger partial charge in [-0.15, -0.1) is 0 Å². The summed E-state index contributed by atoms with van der Waals surface area (Å²) in [5, 5.41) is 18.4. The number of benzene rings is 3. The summed E-state index contributed by atoms with van der Waals surface area (Å²) in [6.07, 6.45) is 5.41. The lowest BCUT2D eigenvalue weighted by molar-refractivity contribution is -0.883. The molecule has 0 saturated carbocycles. The lowest BCUT2D eigenvalue weighted by atomic mass is 10.1. The summed E-state index contributed by atoms with van der Waals surface area (Å²) in [6, 6.07) is 19.2. The quantitative estimate of drug-likeness (QED) is 0.160. The number of carbonyl (C=O) groups excluding carboxylic acids is 3. The van der Waals surface area contributed by atoms with Crippen LogP contribution in [-0.2, 0) is 16.1 Å². The van der Waals surface area contributed by atoms with Crippen molar-refractivity contribution in [3.05, 3.63) is 95.3 Å². The van der Waals surface area contributed by atoms with E-state index in [4.69, 9.17) is 9.47 Å². The zero-order chi connectivity index (χ0) is 35.0. The van der Waals surface area contributed by atoms with Gasteiger partial charge >= 0.3 is 0 Å². The van der Waals surface area contributed by atoms with E-state index in [0.29, 0.717) is 63.5 Å². The third kappa shape index (κ3) is 9.26. The van der Waals surface area contributed by atoms with E-state index in [1.54, 1.807) is 31.0 Å². The van der Waals surface area contributed by atoms with Gasteiger partial charge in [0.25, 0.3) is 5.91 Å². The van der Waals surface area contributed by atoms with Crippen molar-refractivity contribution in [1.82, 2.24) is 15.1 Å². The molecule has 258 valence electrons. The third-order valence-electron chi connectivity index (χ3n) is 8.74. The molecule has 0 unspecified atom stereocenters. The van der Waals surface area contributed by atoms with Gasteiger partial charge in [-0.25, -0.2) is 0 Å². The number of hydrogen-bond acceptors (Lipinski definition) is 7. The fraction of sp³-hybridized carbons (Fsp3) is 0.368. The Morgan fingerprint density at radius 2 is 1.86 bits per heavy atom. The van der Waals surface area contributed by atoms with Gasteiger partial charge in [0.15, 0.2) is 5.75 Å². The Balaban J connectivity index is 1.22. The standard InChI is InChI=1S/C38H45N5O6/c1-27-10-5-15-34(28(27)2)48-20-8-16-35(44)42-18-9-21-49-37-32(13-7-14-33(37)42)31-23-40-41(25-31)24-29-11-6-12-30(22-29)38(47)39-17-19-43(3,4)26-36(45)46/h5-7,10-15,22-23,25H,8-9,16-21,24,26H2,1-4H3,(H-,39,45,46,47). The van der Waals surface area contributed by atoms with E-state index in [0.717, 1.165) is 40.1 Å². The fourth-order valence-corrected chi connectivity index (χ4v) is 5.90. The average molecular weight is 668 g/mol. The maximum atomic E-state index is 13.5. The number of aryl methyl sites for hydroxylation is 1. The van der Waals surface area contributed by atoms with Crippen LogP contribution < -0.4 is 24.8 Å². The zero-order valence-electron chi connectivity index (χ0n) is 28.7.